The lowest BCUT2D eigenvalue weighted by atomic mass is 10.0. The van der Waals surface area contributed by atoms with E-state index in [1.807, 2.05) is 51.1 Å². The number of nitrogens with one attached hydrogen (secondary N) is 2. The van der Waals surface area contributed by atoms with Crippen LogP contribution in [0.5, 0.6) is 0 Å². The minimum Gasteiger partial charge on any atom is -0.355 e. The number of rotatable bonds is 7. The molecule has 0 bridgehead atoms. The molecule has 0 amide bonds. The lowest BCUT2D eigenvalue weighted by molar-refractivity contribution is 0.103. The fourth-order valence-electron chi connectivity index (χ4n) is 3.07. The van der Waals surface area contributed by atoms with Crippen molar-refractivity contribution in [1.29, 1.82) is 0 Å². The fraction of sp³-hybridized carbons (Fsp3) is 0.304. The summed E-state index contributed by atoms with van der Waals surface area (Å²) < 4.78 is 26.5. The van der Waals surface area contributed by atoms with Crippen LogP contribution in [-0.2, 0) is 10.0 Å². The van der Waals surface area contributed by atoms with Gasteiger partial charge in [-0.05, 0) is 51.5 Å². The Labute approximate surface area is 177 Å². The number of hydrogen-bond donors (Lipinski definition) is 2. The normalized spacial score (nSPS) is 12.7. The number of carbonyl (C=O) groups is 1. The van der Waals surface area contributed by atoms with Gasteiger partial charge in [0.15, 0.2) is 0 Å². The molecule has 0 aliphatic rings. The Balaban J connectivity index is 1.81. The Morgan fingerprint density at radius 3 is 2.27 bits per heavy atom. The van der Waals surface area contributed by atoms with Crippen molar-refractivity contribution < 1.29 is 13.2 Å². The van der Waals surface area contributed by atoms with Crippen LogP contribution >= 0.6 is 0 Å². The van der Waals surface area contributed by atoms with E-state index in [4.69, 9.17) is 0 Å². The molecule has 0 aliphatic heterocycles. The molecule has 2 heterocycles. The number of H-pyrrole nitrogens is 1. The van der Waals surface area contributed by atoms with Gasteiger partial charge in [-0.2, -0.15) is 0 Å². The van der Waals surface area contributed by atoms with E-state index < -0.39 is 15.3 Å². The first-order chi connectivity index (χ1) is 14.1. The first-order valence-electron chi connectivity index (χ1n) is 9.87. The Hall–Kier alpha value is -2.93. The quantitative estimate of drug-likeness (QED) is 0.543. The van der Waals surface area contributed by atoms with Crippen LogP contribution in [0.15, 0.2) is 48.7 Å². The average molecular weight is 426 g/mol. The summed E-state index contributed by atoms with van der Waals surface area (Å²) in [5.74, 6) is -0.128. The van der Waals surface area contributed by atoms with Gasteiger partial charge in [-0.1, -0.05) is 36.8 Å². The van der Waals surface area contributed by atoms with Crippen molar-refractivity contribution in [2.45, 2.75) is 45.8 Å². The lowest BCUT2D eigenvalue weighted by Gasteiger charge is -2.13. The molecule has 30 heavy (non-hydrogen) atoms. The van der Waals surface area contributed by atoms with Crippen LogP contribution in [0, 0.1) is 13.8 Å². The first-order valence-corrected chi connectivity index (χ1v) is 11.4. The molecule has 2 aromatic heterocycles. The van der Waals surface area contributed by atoms with Gasteiger partial charge in [-0.25, -0.2) is 8.42 Å². The van der Waals surface area contributed by atoms with E-state index in [-0.39, 0.29) is 11.7 Å². The molecule has 0 saturated carbocycles. The van der Waals surface area contributed by atoms with Gasteiger partial charge in [0.2, 0.25) is 15.8 Å². The van der Waals surface area contributed by atoms with Gasteiger partial charge in [0.25, 0.3) is 0 Å². The number of aromatic nitrogens is 2. The van der Waals surface area contributed by atoms with Crippen LogP contribution in [-0.4, -0.2) is 29.4 Å². The maximum absolute atomic E-state index is 12.9. The van der Waals surface area contributed by atoms with Gasteiger partial charge < -0.3 is 4.98 Å². The minimum absolute atomic E-state index is 0.0441. The Kier molecular flexibility index (Phi) is 6.12. The summed E-state index contributed by atoms with van der Waals surface area (Å²) in [5, 5.41) is -0.525. The average Bonchev–Trinajstić information content (AvgIpc) is 3.09. The molecule has 0 saturated heterocycles. The molecular weight excluding hydrogens is 398 g/mol. The van der Waals surface area contributed by atoms with Crippen LogP contribution in [0.25, 0.3) is 0 Å². The number of aryl methyl sites for hydroxylation is 2. The summed E-state index contributed by atoms with van der Waals surface area (Å²) in [6.07, 6.45) is 1.51. The van der Waals surface area contributed by atoms with Gasteiger partial charge in [0.05, 0.1) is 22.8 Å². The topological polar surface area (TPSA) is 91.9 Å². The second-order valence-corrected chi connectivity index (χ2v) is 10.1. The third kappa shape index (κ3) is 4.62. The van der Waals surface area contributed by atoms with Crippen LogP contribution in [0.4, 0.5) is 5.69 Å². The second-order valence-electron chi connectivity index (χ2n) is 7.87. The number of pyridine rings is 1. The molecule has 1 atom stereocenters. The van der Waals surface area contributed by atoms with Crippen LogP contribution in [0.1, 0.15) is 65.3 Å². The highest BCUT2D eigenvalue weighted by molar-refractivity contribution is 7.93. The summed E-state index contributed by atoms with van der Waals surface area (Å²) in [6, 6.07) is 13.0. The third-order valence-corrected chi connectivity index (χ3v) is 6.92. The number of aromatic amines is 1. The van der Waals surface area contributed by atoms with Gasteiger partial charge in [0, 0.05) is 22.9 Å². The zero-order valence-electron chi connectivity index (χ0n) is 17.9. The SMILES string of the molecule is Cc1ccc(C(=O)c2[nH]c(C(C)c3ccc(NS(=O)(=O)C(C)C)cn3)cc2C)cc1. The van der Waals surface area contributed by atoms with E-state index in [0.29, 0.717) is 16.9 Å². The predicted molar refractivity (Wildman–Crippen MR) is 120 cm³/mol. The fourth-order valence-corrected chi connectivity index (χ4v) is 3.75. The zero-order valence-corrected chi connectivity index (χ0v) is 18.7. The lowest BCUT2D eigenvalue weighted by Crippen LogP contribution is -2.22. The van der Waals surface area contributed by atoms with Crippen molar-refractivity contribution in [3.63, 3.8) is 0 Å². The summed E-state index contributed by atoms with van der Waals surface area (Å²) in [5.41, 5.74) is 5.28. The van der Waals surface area contributed by atoms with E-state index in [9.17, 15) is 13.2 Å². The highest BCUT2D eigenvalue weighted by Gasteiger charge is 2.20. The number of anilines is 1. The molecule has 2 N–H and O–H groups in total. The molecule has 6 nitrogen and oxygen atoms in total. The van der Waals surface area contributed by atoms with Crippen LogP contribution in [0.3, 0.4) is 0 Å². The highest BCUT2D eigenvalue weighted by atomic mass is 32.2. The standard InChI is InChI=1S/C23H27N3O3S/c1-14(2)30(28,29)26-19-10-11-20(24-13-19)17(5)21-12-16(4)22(25-21)23(27)18-8-6-15(3)7-9-18/h6-14,17,25-26H,1-5H3. The molecule has 158 valence electrons. The predicted octanol–water partition coefficient (Wildman–Crippen LogP) is 4.56. The number of sulfonamides is 1. The van der Waals surface area contributed by atoms with Crippen LogP contribution in [0.2, 0.25) is 0 Å². The molecular formula is C23H27N3O3S. The number of hydrogen-bond acceptors (Lipinski definition) is 4. The Morgan fingerprint density at radius 1 is 1.03 bits per heavy atom. The minimum atomic E-state index is -3.41. The van der Waals surface area contributed by atoms with E-state index in [0.717, 1.165) is 22.5 Å². The molecule has 0 radical (unpaired) electrons. The summed E-state index contributed by atoms with van der Waals surface area (Å²) in [4.78, 5) is 20.5. The van der Waals surface area contributed by atoms with Crippen LogP contribution < -0.4 is 4.72 Å². The van der Waals surface area contributed by atoms with Crippen molar-refractivity contribution >= 4 is 21.5 Å². The molecule has 7 heteroatoms. The number of nitrogens with zero attached hydrogens (tertiary/aromatic N) is 1. The summed E-state index contributed by atoms with van der Waals surface area (Å²) in [6.45, 7) is 9.13. The van der Waals surface area contributed by atoms with Crippen molar-refractivity contribution in [3.8, 4) is 0 Å². The largest absolute Gasteiger partial charge is 0.355 e. The van der Waals surface area contributed by atoms with Gasteiger partial charge >= 0.3 is 0 Å². The third-order valence-electron chi connectivity index (χ3n) is 5.15. The van der Waals surface area contributed by atoms with E-state index in [1.165, 1.54) is 6.20 Å². The summed E-state index contributed by atoms with van der Waals surface area (Å²) >= 11 is 0. The number of ketones is 1. The molecule has 0 spiro atoms. The molecule has 1 unspecified atom stereocenters. The molecule has 0 aliphatic carbocycles. The van der Waals surface area contributed by atoms with Gasteiger partial charge in [-0.3, -0.25) is 14.5 Å². The second kappa shape index (κ2) is 8.44. The monoisotopic (exact) mass is 425 g/mol. The molecule has 1 aromatic carbocycles. The summed E-state index contributed by atoms with van der Waals surface area (Å²) in [7, 11) is -3.41. The van der Waals surface area contributed by atoms with Crippen molar-refractivity contribution in [1.82, 2.24) is 9.97 Å². The van der Waals surface area contributed by atoms with Crippen molar-refractivity contribution in [3.05, 3.63) is 82.4 Å². The maximum atomic E-state index is 12.9. The van der Waals surface area contributed by atoms with E-state index >= 15 is 0 Å². The van der Waals surface area contributed by atoms with Crippen molar-refractivity contribution in [2.75, 3.05) is 4.72 Å². The molecule has 3 aromatic rings. The zero-order chi connectivity index (χ0) is 22.1. The van der Waals surface area contributed by atoms with Gasteiger partial charge in [0.1, 0.15) is 0 Å². The maximum Gasteiger partial charge on any atom is 0.235 e. The highest BCUT2D eigenvalue weighted by Crippen LogP contribution is 2.26. The first kappa shape index (κ1) is 21.8. The number of carbonyl (C=O) groups excluding carboxylic acids is 1. The number of benzene rings is 1. The Bertz CT molecular complexity index is 1150. The van der Waals surface area contributed by atoms with E-state index in [1.54, 1.807) is 26.0 Å². The van der Waals surface area contributed by atoms with Crippen molar-refractivity contribution in [2.24, 2.45) is 0 Å². The molecule has 3 rings (SSSR count). The molecule has 0 fully saturated rings. The Morgan fingerprint density at radius 2 is 1.70 bits per heavy atom. The smallest absolute Gasteiger partial charge is 0.235 e. The van der Waals surface area contributed by atoms with E-state index in [2.05, 4.69) is 14.7 Å². The van der Waals surface area contributed by atoms with Gasteiger partial charge in [-0.15, -0.1) is 0 Å².